The Morgan fingerprint density at radius 2 is 2.12 bits per heavy atom. The second-order valence-electron chi connectivity index (χ2n) is 4.92. The topological polar surface area (TPSA) is 73.9 Å². The van der Waals surface area contributed by atoms with Gasteiger partial charge in [0.2, 0.25) is 6.79 Å². The number of amides is 1. The number of nitrogens with one attached hydrogen (secondary N) is 1. The maximum atomic E-state index is 11.7. The maximum absolute atomic E-state index is 11.7. The van der Waals surface area contributed by atoms with E-state index in [9.17, 15) is 9.59 Å². The van der Waals surface area contributed by atoms with Crippen LogP contribution in [0.3, 0.4) is 0 Å². The zero-order valence-electron chi connectivity index (χ0n) is 12.7. The summed E-state index contributed by atoms with van der Waals surface area (Å²) in [4.78, 5) is 24.2. The fourth-order valence-corrected chi connectivity index (χ4v) is 2.64. The third kappa shape index (κ3) is 4.36. The SMILES string of the molecule is O=C(COC(=O)C=Cc1cccs1)NCc1ccc2c(c1)OCO2. The number of benzene rings is 1. The van der Waals surface area contributed by atoms with Crippen molar-refractivity contribution < 1.29 is 23.8 Å². The molecule has 1 N–H and O–H groups in total. The molecule has 1 amide bonds. The van der Waals surface area contributed by atoms with E-state index in [0.29, 0.717) is 18.0 Å². The number of esters is 1. The van der Waals surface area contributed by atoms with Crippen molar-refractivity contribution >= 4 is 29.3 Å². The van der Waals surface area contributed by atoms with E-state index in [4.69, 9.17) is 14.2 Å². The number of rotatable bonds is 6. The first kappa shape index (κ1) is 16.1. The molecular weight excluding hydrogens is 330 g/mol. The van der Waals surface area contributed by atoms with Crippen LogP contribution in [-0.4, -0.2) is 25.3 Å². The molecule has 6 nitrogen and oxygen atoms in total. The Labute approximate surface area is 142 Å². The first-order valence-electron chi connectivity index (χ1n) is 7.24. The molecule has 1 aliphatic heterocycles. The van der Waals surface area contributed by atoms with E-state index in [2.05, 4.69) is 5.32 Å². The van der Waals surface area contributed by atoms with Gasteiger partial charge in [0.05, 0.1) is 0 Å². The second-order valence-corrected chi connectivity index (χ2v) is 5.90. The highest BCUT2D eigenvalue weighted by Gasteiger charge is 2.13. The van der Waals surface area contributed by atoms with Crippen LogP contribution in [0.15, 0.2) is 41.8 Å². The summed E-state index contributed by atoms with van der Waals surface area (Å²) in [5.41, 5.74) is 0.872. The van der Waals surface area contributed by atoms with Crippen molar-refractivity contribution in [2.45, 2.75) is 6.54 Å². The van der Waals surface area contributed by atoms with Gasteiger partial charge in [-0.3, -0.25) is 4.79 Å². The number of thiophene rings is 1. The molecule has 7 heteroatoms. The molecule has 0 unspecified atom stereocenters. The zero-order valence-corrected chi connectivity index (χ0v) is 13.5. The Balaban J connectivity index is 1.40. The summed E-state index contributed by atoms with van der Waals surface area (Å²) in [6.07, 6.45) is 2.95. The molecule has 0 atom stereocenters. The Morgan fingerprint density at radius 3 is 2.96 bits per heavy atom. The number of carbonyl (C=O) groups is 2. The lowest BCUT2D eigenvalue weighted by Gasteiger charge is -2.06. The summed E-state index contributed by atoms with van der Waals surface area (Å²) in [5, 5.41) is 4.59. The number of fused-ring (bicyclic) bond motifs is 1. The van der Waals surface area contributed by atoms with Crippen molar-refractivity contribution in [3.63, 3.8) is 0 Å². The van der Waals surface area contributed by atoms with E-state index in [1.165, 1.54) is 17.4 Å². The first-order chi connectivity index (χ1) is 11.7. The predicted octanol–water partition coefficient (Wildman–Crippen LogP) is 2.35. The monoisotopic (exact) mass is 345 g/mol. The van der Waals surface area contributed by atoms with E-state index >= 15 is 0 Å². The van der Waals surface area contributed by atoms with Gasteiger partial charge in [-0.2, -0.15) is 0 Å². The van der Waals surface area contributed by atoms with Crippen LogP contribution in [0.5, 0.6) is 11.5 Å². The normalized spacial score (nSPS) is 12.3. The van der Waals surface area contributed by atoms with Gasteiger partial charge in [0.25, 0.3) is 5.91 Å². The highest BCUT2D eigenvalue weighted by molar-refractivity contribution is 7.10. The number of hydrogen-bond donors (Lipinski definition) is 1. The molecule has 3 rings (SSSR count). The lowest BCUT2D eigenvalue weighted by Crippen LogP contribution is -2.28. The summed E-state index contributed by atoms with van der Waals surface area (Å²) in [6, 6.07) is 9.20. The minimum absolute atomic E-state index is 0.208. The van der Waals surface area contributed by atoms with Gasteiger partial charge in [-0.25, -0.2) is 4.79 Å². The lowest BCUT2D eigenvalue weighted by atomic mass is 10.2. The predicted molar refractivity (Wildman–Crippen MR) is 88.7 cm³/mol. The quantitative estimate of drug-likeness (QED) is 0.643. The molecule has 1 aromatic carbocycles. The Hall–Kier alpha value is -2.80. The Bertz CT molecular complexity index is 754. The van der Waals surface area contributed by atoms with E-state index in [1.54, 1.807) is 18.2 Å². The van der Waals surface area contributed by atoms with E-state index in [0.717, 1.165) is 10.4 Å². The van der Waals surface area contributed by atoms with Crippen LogP contribution in [0.2, 0.25) is 0 Å². The van der Waals surface area contributed by atoms with E-state index in [1.807, 2.05) is 23.6 Å². The highest BCUT2D eigenvalue weighted by atomic mass is 32.1. The highest BCUT2D eigenvalue weighted by Crippen LogP contribution is 2.32. The number of carbonyl (C=O) groups excluding carboxylic acids is 2. The van der Waals surface area contributed by atoms with Crippen LogP contribution in [0.25, 0.3) is 6.08 Å². The van der Waals surface area contributed by atoms with Crippen LogP contribution in [0.4, 0.5) is 0 Å². The maximum Gasteiger partial charge on any atom is 0.331 e. The average molecular weight is 345 g/mol. The largest absolute Gasteiger partial charge is 0.454 e. The number of hydrogen-bond acceptors (Lipinski definition) is 6. The molecule has 0 aliphatic carbocycles. The summed E-state index contributed by atoms with van der Waals surface area (Å²) in [7, 11) is 0. The van der Waals surface area contributed by atoms with Gasteiger partial charge in [0.15, 0.2) is 18.1 Å². The van der Waals surface area contributed by atoms with Crippen molar-refractivity contribution in [3.05, 3.63) is 52.2 Å². The molecule has 1 aliphatic rings. The summed E-state index contributed by atoms with van der Waals surface area (Å²) < 4.78 is 15.4. The fourth-order valence-electron chi connectivity index (χ4n) is 2.02. The molecule has 1 aromatic heterocycles. The third-order valence-corrected chi connectivity index (χ3v) is 4.04. The molecule has 0 bridgehead atoms. The van der Waals surface area contributed by atoms with Gasteiger partial charge in [-0.1, -0.05) is 12.1 Å². The fraction of sp³-hybridized carbons (Fsp3) is 0.176. The molecule has 0 spiro atoms. The molecule has 0 saturated heterocycles. The number of ether oxygens (including phenoxy) is 3. The first-order valence-corrected chi connectivity index (χ1v) is 8.12. The van der Waals surface area contributed by atoms with Crippen LogP contribution in [0, 0.1) is 0 Å². The molecule has 24 heavy (non-hydrogen) atoms. The van der Waals surface area contributed by atoms with Gasteiger partial charge in [-0.15, -0.1) is 11.3 Å². The molecule has 2 heterocycles. The minimum Gasteiger partial charge on any atom is -0.454 e. The van der Waals surface area contributed by atoms with Crippen LogP contribution >= 0.6 is 11.3 Å². The molecule has 0 saturated carbocycles. The van der Waals surface area contributed by atoms with Crippen molar-refractivity contribution in [1.29, 1.82) is 0 Å². The van der Waals surface area contributed by atoms with Crippen molar-refractivity contribution in [2.24, 2.45) is 0 Å². The van der Waals surface area contributed by atoms with E-state index < -0.39 is 5.97 Å². The zero-order chi connectivity index (χ0) is 16.8. The van der Waals surface area contributed by atoms with Crippen molar-refractivity contribution in [2.75, 3.05) is 13.4 Å². The minimum atomic E-state index is -0.554. The Morgan fingerprint density at radius 1 is 1.25 bits per heavy atom. The van der Waals surface area contributed by atoms with Crippen LogP contribution < -0.4 is 14.8 Å². The van der Waals surface area contributed by atoms with Gasteiger partial charge in [0.1, 0.15) is 0 Å². The van der Waals surface area contributed by atoms with Gasteiger partial charge in [-0.05, 0) is 35.2 Å². The summed E-state index contributed by atoms with van der Waals surface area (Å²) in [6.45, 7) is 0.205. The molecule has 124 valence electrons. The molecular formula is C17H15NO5S. The lowest BCUT2D eigenvalue weighted by molar-refractivity contribution is -0.143. The smallest absolute Gasteiger partial charge is 0.331 e. The average Bonchev–Trinajstić information content (AvgIpc) is 3.26. The summed E-state index contributed by atoms with van der Waals surface area (Å²) >= 11 is 1.51. The van der Waals surface area contributed by atoms with Gasteiger partial charge >= 0.3 is 5.97 Å². The molecule has 0 fully saturated rings. The summed E-state index contributed by atoms with van der Waals surface area (Å²) in [5.74, 6) is 0.426. The van der Waals surface area contributed by atoms with Crippen LogP contribution in [-0.2, 0) is 20.9 Å². The van der Waals surface area contributed by atoms with E-state index in [-0.39, 0.29) is 19.3 Å². The standard InChI is InChI=1S/C17H15NO5S/c19-16(10-21-17(20)6-4-13-2-1-7-24-13)18-9-12-3-5-14-15(8-12)23-11-22-14/h1-8H,9-11H2,(H,18,19). The van der Waals surface area contributed by atoms with Crippen molar-refractivity contribution in [3.8, 4) is 11.5 Å². The Kier molecular flexibility index (Phi) is 5.12. The van der Waals surface area contributed by atoms with Gasteiger partial charge < -0.3 is 19.5 Å². The van der Waals surface area contributed by atoms with Crippen molar-refractivity contribution in [1.82, 2.24) is 5.32 Å². The molecule has 2 aromatic rings. The second kappa shape index (κ2) is 7.65. The third-order valence-electron chi connectivity index (χ3n) is 3.20. The molecule has 0 radical (unpaired) electrons. The van der Waals surface area contributed by atoms with Crippen LogP contribution in [0.1, 0.15) is 10.4 Å². The van der Waals surface area contributed by atoms with Gasteiger partial charge in [0, 0.05) is 17.5 Å².